The molecule has 9 heteroatoms. The fraction of sp³-hybridized carbons (Fsp3) is 0.217. The van der Waals surface area contributed by atoms with E-state index in [4.69, 9.17) is 21.3 Å². The maximum absolute atomic E-state index is 8.76. The zero-order valence-corrected chi connectivity index (χ0v) is 17.9. The Hall–Kier alpha value is -4.23. The van der Waals surface area contributed by atoms with E-state index < -0.39 is 0 Å². The molecule has 2 aliphatic heterocycles. The van der Waals surface area contributed by atoms with Crippen molar-refractivity contribution in [3.8, 4) is 0 Å². The van der Waals surface area contributed by atoms with Gasteiger partial charge < -0.3 is 26.1 Å². The van der Waals surface area contributed by atoms with E-state index in [1.165, 1.54) is 12.5 Å². The minimum absolute atomic E-state index is 0.188. The number of hydrogen-bond acceptors (Lipinski definition) is 9. The van der Waals surface area contributed by atoms with E-state index in [1.807, 2.05) is 13.0 Å². The molecule has 0 amide bonds. The molecule has 0 fully saturated rings. The number of aliphatic imine (C=N–C) groups is 1. The summed E-state index contributed by atoms with van der Waals surface area (Å²) in [6.07, 6.45) is 5.12. The molecule has 0 radical (unpaired) electrons. The highest BCUT2D eigenvalue weighted by molar-refractivity contribution is 6.15. The van der Waals surface area contributed by atoms with Gasteiger partial charge in [0.15, 0.2) is 11.7 Å². The molecule has 3 heterocycles. The lowest BCUT2D eigenvalue weighted by molar-refractivity contribution is 0.390. The van der Waals surface area contributed by atoms with Crippen LogP contribution in [0.25, 0.3) is 5.57 Å². The van der Waals surface area contributed by atoms with Crippen molar-refractivity contribution >= 4 is 34.9 Å². The van der Waals surface area contributed by atoms with Gasteiger partial charge in [-0.1, -0.05) is 11.8 Å². The highest BCUT2D eigenvalue weighted by Crippen LogP contribution is 2.25. The Kier molecular flexibility index (Phi) is 5.83. The second-order valence-corrected chi connectivity index (χ2v) is 7.37. The lowest BCUT2D eigenvalue weighted by Crippen LogP contribution is -2.27. The van der Waals surface area contributed by atoms with E-state index >= 15 is 0 Å². The molecular formula is C23H24N8O. The first kappa shape index (κ1) is 21.0. The van der Waals surface area contributed by atoms with Gasteiger partial charge in [-0.3, -0.25) is 5.41 Å². The smallest absolute Gasteiger partial charge is 0.192 e. The standard InChI is InChI=1S/C23H24N8O/c1-14-30-17-8-18(32-14)5-6-31(12-17)22-9-21(28-13-29-22)23(26)19-7-15(3-4-20(19)25)16(10-24)11-27-2/h3-4,7,9-11,13,24,26-27H,5-6,12,25H2,1-2H3/b16-11+,24-10?,26-23?. The predicted molar refractivity (Wildman–Crippen MR) is 126 cm³/mol. The molecule has 0 aliphatic carbocycles. The summed E-state index contributed by atoms with van der Waals surface area (Å²) >= 11 is 0. The van der Waals surface area contributed by atoms with Crippen molar-refractivity contribution in [2.45, 2.75) is 13.3 Å². The average Bonchev–Trinajstić information content (AvgIpc) is 2.95. The van der Waals surface area contributed by atoms with Gasteiger partial charge in [-0.25, -0.2) is 15.0 Å². The lowest BCUT2D eigenvalue weighted by Gasteiger charge is -2.21. The molecule has 9 nitrogen and oxygen atoms in total. The van der Waals surface area contributed by atoms with Crippen LogP contribution in [-0.2, 0) is 4.74 Å². The first-order chi connectivity index (χ1) is 15.5. The molecule has 32 heavy (non-hydrogen) atoms. The summed E-state index contributed by atoms with van der Waals surface area (Å²) < 4.78 is 5.61. The molecule has 0 spiro atoms. The second-order valence-electron chi connectivity index (χ2n) is 7.37. The third-order valence-electron chi connectivity index (χ3n) is 5.14. The van der Waals surface area contributed by atoms with Crippen LogP contribution in [0, 0.1) is 10.8 Å². The van der Waals surface area contributed by atoms with Crippen LogP contribution in [0.15, 0.2) is 59.0 Å². The van der Waals surface area contributed by atoms with Crippen molar-refractivity contribution in [3.05, 3.63) is 70.8 Å². The molecular weight excluding hydrogens is 404 g/mol. The first-order valence-electron chi connectivity index (χ1n) is 10.1. The van der Waals surface area contributed by atoms with E-state index in [2.05, 4.69) is 30.9 Å². The van der Waals surface area contributed by atoms with E-state index in [1.54, 1.807) is 31.4 Å². The molecule has 0 saturated heterocycles. The minimum Gasteiger partial charge on any atom is -0.439 e. The number of benzene rings is 1. The number of aromatic nitrogens is 2. The third kappa shape index (κ3) is 4.28. The number of nitrogens with zero attached hydrogens (tertiary/aromatic N) is 4. The zero-order valence-electron chi connectivity index (χ0n) is 17.9. The molecule has 2 aliphatic rings. The predicted octanol–water partition coefficient (Wildman–Crippen LogP) is 2.71. The van der Waals surface area contributed by atoms with Gasteiger partial charge in [0.05, 0.1) is 18.0 Å². The molecule has 4 rings (SSSR count). The number of anilines is 2. The number of rotatable bonds is 6. The Balaban J connectivity index is 1.63. The lowest BCUT2D eigenvalue weighted by atomic mass is 9.98. The Morgan fingerprint density at radius 1 is 1.31 bits per heavy atom. The number of nitrogens with one attached hydrogen (secondary N) is 3. The molecule has 0 unspecified atom stereocenters. The van der Waals surface area contributed by atoms with Crippen LogP contribution >= 0.6 is 0 Å². The van der Waals surface area contributed by atoms with Gasteiger partial charge in [0.2, 0.25) is 0 Å². The summed E-state index contributed by atoms with van der Waals surface area (Å²) in [5.74, 6) is 2.09. The van der Waals surface area contributed by atoms with Crippen LogP contribution in [-0.4, -0.2) is 47.9 Å². The SMILES string of the molecule is CN/C=C(\C=N)c1ccc(N)c(C(=N)c2cc(N3CCC4=C=C(C3)N=C(C)O4)ncn2)c1. The van der Waals surface area contributed by atoms with E-state index in [0.717, 1.165) is 17.0 Å². The summed E-state index contributed by atoms with van der Waals surface area (Å²) in [5.41, 5.74) is 13.3. The van der Waals surface area contributed by atoms with Crippen molar-refractivity contribution in [2.75, 3.05) is 30.8 Å². The van der Waals surface area contributed by atoms with Crippen molar-refractivity contribution in [1.29, 1.82) is 10.8 Å². The molecule has 2 bridgehead atoms. The summed E-state index contributed by atoms with van der Waals surface area (Å²) in [6.45, 7) is 3.06. The van der Waals surface area contributed by atoms with Gasteiger partial charge in [-0.05, 0) is 17.7 Å². The van der Waals surface area contributed by atoms with Crippen LogP contribution in [0.1, 0.15) is 30.2 Å². The van der Waals surface area contributed by atoms with Crippen LogP contribution in [0.2, 0.25) is 0 Å². The Morgan fingerprint density at radius 2 is 2.16 bits per heavy atom. The monoisotopic (exact) mass is 428 g/mol. The van der Waals surface area contributed by atoms with Gasteiger partial charge >= 0.3 is 0 Å². The molecule has 1 aromatic carbocycles. The van der Waals surface area contributed by atoms with Gasteiger partial charge in [0.1, 0.15) is 17.8 Å². The minimum atomic E-state index is 0.188. The Morgan fingerprint density at radius 3 is 2.94 bits per heavy atom. The molecule has 162 valence electrons. The topological polar surface area (TPSA) is 136 Å². The van der Waals surface area contributed by atoms with Crippen LogP contribution in [0.5, 0.6) is 0 Å². The van der Waals surface area contributed by atoms with E-state index in [-0.39, 0.29) is 5.71 Å². The largest absolute Gasteiger partial charge is 0.439 e. The number of ether oxygens (including phenoxy) is 1. The quantitative estimate of drug-likeness (QED) is 0.317. The summed E-state index contributed by atoms with van der Waals surface area (Å²) in [4.78, 5) is 15.2. The van der Waals surface area contributed by atoms with E-state index in [0.29, 0.717) is 53.7 Å². The number of nitrogen functional groups attached to an aromatic ring is 1. The fourth-order valence-corrected chi connectivity index (χ4v) is 3.60. The highest BCUT2D eigenvalue weighted by Gasteiger charge is 2.21. The summed E-state index contributed by atoms with van der Waals surface area (Å²) in [6, 6.07) is 7.15. The normalized spacial score (nSPS) is 15.6. The maximum atomic E-state index is 8.76. The van der Waals surface area contributed by atoms with Crippen LogP contribution in [0.4, 0.5) is 11.5 Å². The summed E-state index contributed by atoms with van der Waals surface area (Å²) in [7, 11) is 1.77. The van der Waals surface area contributed by atoms with Crippen molar-refractivity contribution in [1.82, 2.24) is 15.3 Å². The molecule has 1 aromatic heterocycles. The average molecular weight is 429 g/mol. The zero-order chi connectivity index (χ0) is 22.7. The fourth-order valence-electron chi connectivity index (χ4n) is 3.60. The van der Waals surface area contributed by atoms with Crippen LogP contribution in [0.3, 0.4) is 0 Å². The van der Waals surface area contributed by atoms with Gasteiger partial charge in [-0.2, -0.15) is 0 Å². The highest BCUT2D eigenvalue weighted by atomic mass is 16.5. The summed E-state index contributed by atoms with van der Waals surface area (Å²) in [5, 5.41) is 19.3. The Labute approximate surface area is 186 Å². The van der Waals surface area contributed by atoms with Gasteiger partial charge in [-0.15, -0.1) is 0 Å². The van der Waals surface area contributed by atoms with Crippen molar-refractivity contribution < 1.29 is 4.74 Å². The van der Waals surface area contributed by atoms with Crippen molar-refractivity contribution in [2.24, 2.45) is 4.99 Å². The number of nitrogens with two attached hydrogens (primary N) is 1. The van der Waals surface area contributed by atoms with Crippen molar-refractivity contribution in [3.63, 3.8) is 0 Å². The van der Waals surface area contributed by atoms with E-state index in [9.17, 15) is 0 Å². The first-order valence-corrected chi connectivity index (χ1v) is 10.1. The van der Waals surface area contributed by atoms with Crippen LogP contribution < -0.4 is 16.0 Å². The second kappa shape index (κ2) is 8.87. The molecule has 5 N–H and O–H groups in total. The number of hydrogen-bond donors (Lipinski definition) is 4. The third-order valence-corrected chi connectivity index (χ3v) is 5.14. The van der Waals surface area contributed by atoms with Gasteiger partial charge in [0.25, 0.3) is 0 Å². The molecule has 2 aromatic rings. The number of allylic oxidation sites excluding steroid dienone is 1. The maximum Gasteiger partial charge on any atom is 0.192 e. The molecule has 0 saturated carbocycles. The Bertz CT molecular complexity index is 1220. The molecule has 0 atom stereocenters. The van der Waals surface area contributed by atoms with Gasteiger partial charge in [0, 0.05) is 62.2 Å².